The summed E-state index contributed by atoms with van der Waals surface area (Å²) in [6, 6.07) is 0. The van der Waals surface area contributed by atoms with Gasteiger partial charge in [0.05, 0.1) is 0 Å². The highest BCUT2D eigenvalue weighted by Gasteiger charge is 2.22. The molecule has 0 saturated carbocycles. The molecule has 0 aromatic rings. The second-order valence-corrected chi connectivity index (χ2v) is 2.02. The summed E-state index contributed by atoms with van der Waals surface area (Å²) < 4.78 is 24.3. The quantitative estimate of drug-likeness (QED) is 0.555. The lowest BCUT2D eigenvalue weighted by Crippen LogP contribution is -2.39. The molecule has 1 saturated heterocycles. The molecular formula is C5H10ClF2N. The van der Waals surface area contributed by atoms with Crippen molar-refractivity contribution in [1.29, 1.82) is 0 Å². The lowest BCUT2D eigenvalue weighted by atomic mass is 10.1. The Labute approximate surface area is 59.2 Å². The number of hydrogen-bond donors (Lipinski definition) is 1. The summed E-state index contributed by atoms with van der Waals surface area (Å²) in [6.45, 7) is 0.794. The molecule has 1 fully saturated rings. The highest BCUT2D eigenvalue weighted by molar-refractivity contribution is 5.85. The van der Waals surface area contributed by atoms with E-state index in [4.69, 9.17) is 0 Å². The first kappa shape index (κ1) is 9.11. The van der Waals surface area contributed by atoms with Crippen LogP contribution >= 0.6 is 12.4 Å². The molecule has 0 spiro atoms. The molecule has 0 aromatic carbocycles. The first-order valence-electron chi connectivity index (χ1n) is 2.79. The summed E-state index contributed by atoms with van der Waals surface area (Å²) in [5, 5.41) is 2.75. The Morgan fingerprint density at radius 2 is 1.89 bits per heavy atom. The maximum Gasteiger partial charge on any atom is 0.144 e. The van der Waals surface area contributed by atoms with Crippen molar-refractivity contribution in [2.45, 2.75) is 18.8 Å². The van der Waals surface area contributed by atoms with Gasteiger partial charge in [-0.2, -0.15) is 0 Å². The van der Waals surface area contributed by atoms with E-state index in [2.05, 4.69) is 5.32 Å². The first-order valence-corrected chi connectivity index (χ1v) is 2.79. The normalized spacial score (nSPS) is 35.3. The summed E-state index contributed by atoms with van der Waals surface area (Å²) >= 11 is 0. The second-order valence-electron chi connectivity index (χ2n) is 2.02. The molecule has 1 rings (SSSR count). The Morgan fingerprint density at radius 3 is 2.22 bits per heavy atom. The lowest BCUT2D eigenvalue weighted by molar-refractivity contribution is 0.131. The van der Waals surface area contributed by atoms with E-state index in [9.17, 15) is 8.78 Å². The van der Waals surface area contributed by atoms with Crippen molar-refractivity contribution in [3.8, 4) is 0 Å². The number of halogens is 3. The van der Waals surface area contributed by atoms with Gasteiger partial charge in [0.2, 0.25) is 0 Å². The average molecular weight is 158 g/mol. The molecule has 1 aliphatic rings. The van der Waals surface area contributed by atoms with Crippen LogP contribution in [0.3, 0.4) is 0 Å². The van der Waals surface area contributed by atoms with Crippen molar-refractivity contribution in [1.82, 2.24) is 5.32 Å². The largest absolute Gasteiger partial charge is 0.314 e. The molecule has 56 valence electrons. The van der Waals surface area contributed by atoms with Gasteiger partial charge >= 0.3 is 0 Å². The van der Waals surface area contributed by atoms with Gasteiger partial charge < -0.3 is 5.32 Å². The third-order valence-corrected chi connectivity index (χ3v) is 1.33. The van der Waals surface area contributed by atoms with Crippen molar-refractivity contribution >= 4 is 12.4 Å². The maximum atomic E-state index is 12.2. The molecule has 2 atom stereocenters. The highest BCUT2D eigenvalue weighted by atomic mass is 35.5. The topological polar surface area (TPSA) is 12.0 Å². The van der Waals surface area contributed by atoms with Gasteiger partial charge in [0.25, 0.3) is 0 Å². The molecule has 0 radical (unpaired) electrons. The van der Waals surface area contributed by atoms with Gasteiger partial charge in [-0.1, -0.05) is 0 Å². The van der Waals surface area contributed by atoms with Crippen molar-refractivity contribution in [2.75, 3.05) is 13.1 Å². The number of nitrogens with one attached hydrogen (secondary N) is 1. The van der Waals surface area contributed by atoms with Gasteiger partial charge in [-0.3, -0.25) is 0 Å². The summed E-state index contributed by atoms with van der Waals surface area (Å²) in [5.74, 6) is 0. The van der Waals surface area contributed by atoms with E-state index in [1.165, 1.54) is 0 Å². The minimum atomic E-state index is -1.27. The van der Waals surface area contributed by atoms with Crippen molar-refractivity contribution in [3.05, 3.63) is 0 Å². The number of alkyl halides is 2. The third-order valence-electron chi connectivity index (χ3n) is 1.33. The Hall–Kier alpha value is 0.110. The third kappa shape index (κ3) is 2.45. The molecule has 1 aliphatic heterocycles. The van der Waals surface area contributed by atoms with E-state index in [0.29, 0.717) is 13.0 Å². The van der Waals surface area contributed by atoms with Crippen molar-refractivity contribution in [2.24, 2.45) is 0 Å². The summed E-state index contributed by atoms with van der Waals surface area (Å²) in [5.41, 5.74) is 0. The fourth-order valence-electron chi connectivity index (χ4n) is 0.789. The van der Waals surface area contributed by atoms with Crippen LogP contribution in [0.15, 0.2) is 0 Å². The van der Waals surface area contributed by atoms with E-state index in [1.807, 2.05) is 0 Å². The van der Waals surface area contributed by atoms with E-state index in [-0.39, 0.29) is 19.0 Å². The molecule has 1 nitrogen and oxygen atoms in total. The smallest absolute Gasteiger partial charge is 0.144 e. The maximum absolute atomic E-state index is 12.2. The molecule has 4 heteroatoms. The van der Waals surface area contributed by atoms with Crippen LogP contribution in [0.25, 0.3) is 0 Å². The predicted octanol–water partition coefficient (Wildman–Crippen LogP) is 1.08. The van der Waals surface area contributed by atoms with Gasteiger partial charge in [-0.25, -0.2) is 8.78 Å². The zero-order chi connectivity index (χ0) is 5.98. The second kappa shape index (κ2) is 4.01. The molecule has 2 unspecified atom stereocenters. The van der Waals surface area contributed by atoms with Crippen LogP contribution < -0.4 is 5.32 Å². The Balaban J connectivity index is 0.000000640. The van der Waals surface area contributed by atoms with Crippen LogP contribution in [0.5, 0.6) is 0 Å². The van der Waals surface area contributed by atoms with Crippen LogP contribution in [0.2, 0.25) is 0 Å². The van der Waals surface area contributed by atoms with Crippen LogP contribution in [-0.2, 0) is 0 Å². The van der Waals surface area contributed by atoms with Gasteiger partial charge in [-0.05, 0) is 13.0 Å². The fraction of sp³-hybridized carbons (Fsp3) is 1.00. The predicted molar refractivity (Wildman–Crippen MR) is 34.5 cm³/mol. The monoisotopic (exact) mass is 157 g/mol. The van der Waals surface area contributed by atoms with Crippen LogP contribution in [0.1, 0.15) is 6.42 Å². The number of rotatable bonds is 0. The first-order chi connectivity index (χ1) is 3.80. The highest BCUT2D eigenvalue weighted by Crippen LogP contribution is 2.10. The van der Waals surface area contributed by atoms with Crippen molar-refractivity contribution < 1.29 is 8.78 Å². The van der Waals surface area contributed by atoms with E-state index < -0.39 is 12.3 Å². The SMILES string of the molecule is Cl.FC1CCNCC1F. The molecule has 1 heterocycles. The lowest BCUT2D eigenvalue weighted by Gasteiger charge is -2.19. The number of piperidine rings is 1. The molecule has 0 aliphatic carbocycles. The average Bonchev–Trinajstić information content (AvgIpc) is 1.77. The Bertz CT molecular complexity index is 71.4. The Morgan fingerprint density at radius 1 is 1.22 bits per heavy atom. The van der Waals surface area contributed by atoms with Gasteiger partial charge in [0.1, 0.15) is 12.3 Å². The summed E-state index contributed by atoms with van der Waals surface area (Å²) in [4.78, 5) is 0. The van der Waals surface area contributed by atoms with Crippen molar-refractivity contribution in [3.63, 3.8) is 0 Å². The summed E-state index contributed by atoms with van der Waals surface area (Å²) in [7, 11) is 0. The van der Waals surface area contributed by atoms with Crippen LogP contribution in [-0.4, -0.2) is 25.4 Å². The molecule has 1 N–H and O–H groups in total. The van der Waals surface area contributed by atoms with Gasteiger partial charge in [0, 0.05) is 6.54 Å². The zero-order valence-corrected chi connectivity index (χ0v) is 5.76. The standard InChI is InChI=1S/C5H9F2N.ClH/c6-4-1-2-8-3-5(4)7;/h4-5,8H,1-3H2;1H. The zero-order valence-electron chi connectivity index (χ0n) is 4.94. The van der Waals surface area contributed by atoms with Crippen LogP contribution in [0, 0.1) is 0 Å². The van der Waals surface area contributed by atoms with Gasteiger partial charge in [-0.15, -0.1) is 12.4 Å². The van der Waals surface area contributed by atoms with Crippen LogP contribution in [0.4, 0.5) is 8.78 Å². The van der Waals surface area contributed by atoms with Gasteiger partial charge in [0.15, 0.2) is 0 Å². The van der Waals surface area contributed by atoms with E-state index in [1.54, 1.807) is 0 Å². The number of hydrogen-bond acceptors (Lipinski definition) is 1. The van der Waals surface area contributed by atoms with E-state index in [0.717, 1.165) is 0 Å². The molecular weight excluding hydrogens is 148 g/mol. The molecule has 9 heavy (non-hydrogen) atoms. The molecule has 0 amide bonds. The molecule has 0 aromatic heterocycles. The minimum Gasteiger partial charge on any atom is -0.314 e. The minimum absolute atomic E-state index is 0. The Kier molecular flexibility index (Phi) is 4.06. The fourth-order valence-corrected chi connectivity index (χ4v) is 0.789. The summed E-state index contributed by atoms with van der Waals surface area (Å²) in [6.07, 6.45) is -2.18. The molecule has 0 bridgehead atoms. The van der Waals surface area contributed by atoms with E-state index >= 15 is 0 Å².